The van der Waals surface area contributed by atoms with Gasteiger partial charge in [-0.05, 0) is 36.6 Å². The van der Waals surface area contributed by atoms with Crippen LogP contribution in [0.25, 0.3) is 0 Å². The number of ether oxygens (including phenoxy) is 2. The van der Waals surface area contributed by atoms with Crippen molar-refractivity contribution in [1.82, 2.24) is 0 Å². The zero-order chi connectivity index (χ0) is 10.7. The van der Waals surface area contributed by atoms with Crippen LogP contribution in [0.15, 0.2) is 30.4 Å². The van der Waals surface area contributed by atoms with Crippen molar-refractivity contribution in [3.63, 3.8) is 0 Å². The minimum absolute atomic E-state index is 0.234. The van der Waals surface area contributed by atoms with Crippen LogP contribution in [0, 0.1) is 0 Å². The Hall–Kier alpha value is -1.58. The molecule has 1 heterocycles. The highest BCUT2D eigenvalue weighted by atomic mass is 19.3. The molecule has 80 valence electrons. The molecule has 0 radical (unpaired) electrons. The second-order valence-corrected chi connectivity index (χ2v) is 3.22. The van der Waals surface area contributed by atoms with E-state index in [2.05, 4.69) is 0 Å². The van der Waals surface area contributed by atoms with E-state index in [1.165, 1.54) is 0 Å². The summed E-state index contributed by atoms with van der Waals surface area (Å²) in [6.07, 6.45) is 0.205. The number of halogens is 2. The van der Waals surface area contributed by atoms with E-state index in [0.717, 1.165) is 11.6 Å². The average Bonchev–Trinajstić information content (AvgIpc) is 2.64. The van der Waals surface area contributed by atoms with Crippen LogP contribution < -0.4 is 9.47 Å². The molecule has 0 spiro atoms. The molecule has 2 nitrogen and oxygen atoms in total. The largest absolute Gasteiger partial charge is 0.454 e. The van der Waals surface area contributed by atoms with Crippen molar-refractivity contribution in [2.75, 3.05) is 6.79 Å². The quantitative estimate of drug-likeness (QED) is 0.766. The summed E-state index contributed by atoms with van der Waals surface area (Å²) in [5.74, 6) is 1.41. The van der Waals surface area contributed by atoms with Crippen LogP contribution in [-0.2, 0) is 6.42 Å². The molecular formula is C11H10F2O2. The Morgan fingerprint density at radius 2 is 2.07 bits per heavy atom. The molecule has 0 amide bonds. The minimum Gasteiger partial charge on any atom is -0.454 e. The van der Waals surface area contributed by atoms with Gasteiger partial charge < -0.3 is 9.47 Å². The zero-order valence-electron chi connectivity index (χ0n) is 8.00. The SMILES string of the molecule is FC(F)=CCCc1ccc2c(c1)OCO2. The molecule has 0 saturated heterocycles. The van der Waals surface area contributed by atoms with Gasteiger partial charge in [0.25, 0.3) is 6.08 Å². The molecule has 2 rings (SSSR count). The predicted octanol–water partition coefficient (Wildman–Crippen LogP) is 3.13. The van der Waals surface area contributed by atoms with Crippen molar-refractivity contribution < 1.29 is 18.3 Å². The van der Waals surface area contributed by atoms with Gasteiger partial charge in [-0.1, -0.05) is 6.07 Å². The lowest BCUT2D eigenvalue weighted by Gasteiger charge is -2.00. The Morgan fingerprint density at radius 3 is 2.87 bits per heavy atom. The molecule has 0 aliphatic carbocycles. The third-order valence-corrected chi connectivity index (χ3v) is 2.17. The van der Waals surface area contributed by atoms with E-state index in [9.17, 15) is 8.78 Å². The summed E-state index contributed by atoms with van der Waals surface area (Å²) in [4.78, 5) is 0. The van der Waals surface area contributed by atoms with Crippen LogP contribution in [0.2, 0.25) is 0 Å². The van der Waals surface area contributed by atoms with Crippen LogP contribution in [-0.4, -0.2) is 6.79 Å². The Kier molecular flexibility index (Phi) is 2.85. The second kappa shape index (κ2) is 4.29. The Bertz CT molecular complexity index is 384. The molecule has 0 atom stereocenters. The van der Waals surface area contributed by atoms with E-state index in [1.807, 2.05) is 12.1 Å². The summed E-state index contributed by atoms with van der Waals surface area (Å²) in [5, 5.41) is 0. The van der Waals surface area contributed by atoms with Gasteiger partial charge in [-0.15, -0.1) is 0 Å². The van der Waals surface area contributed by atoms with E-state index < -0.39 is 6.08 Å². The molecule has 1 aromatic carbocycles. The summed E-state index contributed by atoms with van der Waals surface area (Å²) in [6, 6.07) is 5.48. The smallest absolute Gasteiger partial charge is 0.266 e. The van der Waals surface area contributed by atoms with Gasteiger partial charge in [-0.3, -0.25) is 0 Å². The molecule has 0 fully saturated rings. The van der Waals surface area contributed by atoms with Crippen molar-refractivity contribution in [3.8, 4) is 11.5 Å². The Labute approximate surface area is 86.1 Å². The summed E-state index contributed by atoms with van der Waals surface area (Å²) in [5.41, 5.74) is 0.969. The first-order valence-corrected chi connectivity index (χ1v) is 4.65. The number of fused-ring (bicyclic) bond motifs is 1. The molecule has 0 bridgehead atoms. The lowest BCUT2D eigenvalue weighted by atomic mass is 10.1. The summed E-state index contributed by atoms with van der Waals surface area (Å²) in [6.45, 7) is 0.234. The molecule has 1 aromatic rings. The van der Waals surface area contributed by atoms with Gasteiger partial charge in [0.2, 0.25) is 6.79 Å². The Balaban J connectivity index is 2.01. The predicted molar refractivity (Wildman–Crippen MR) is 51.2 cm³/mol. The minimum atomic E-state index is -1.63. The third-order valence-electron chi connectivity index (χ3n) is 2.17. The standard InChI is InChI=1S/C11H10F2O2/c12-11(13)3-1-2-8-4-5-9-10(6-8)15-7-14-9/h3-6H,1-2,7H2. The number of hydrogen-bond donors (Lipinski definition) is 0. The first kappa shape index (κ1) is 9.96. The van der Waals surface area contributed by atoms with Crippen LogP contribution >= 0.6 is 0 Å². The van der Waals surface area contributed by atoms with Crippen LogP contribution in [0.5, 0.6) is 11.5 Å². The Morgan fingerprint density at radius 1 is 1.27 bits per heavy atom. The summed E-state index contributed by atoms with van der Waals surface area (Å²) in [7, 11) is 0. The highest BCUT2D eigenvalue weighted by molar-refractivity contribution is 5.44. The third kappa shape index (κ3) is 2.46. The molecule has 15 heavy (non-hydrogen) atoms. The fourth-order valence-corrected chi connectivity index (χ4v) is 1.44. The van der Waals surface area contributed by atoms with Crippen molar-refractivity contribution in [3.05, 3.63) is 35.9 Å². The van der Waals surface area contributed by atoms with Gasteiger partial charge in [-0.2, -0.15) is 8.78 Å². The van der Waals surface area contributed by atoms with Gasteiger partial charge in [0, 0.05) is 0 Å². The normalized spacial score (nSPS) is 12.7. The highest BCUT2D eigenvalue weighted by Gasteiger charge is 2.12. The molecule has 0 unspecified atom stereocenters. The first-order valence-electron chi connectivity index (χ1n) is 4.65. The molecule has 0 N–H and O–H groups in total. The molecule has 0 aromatic heterocycles. The van der Waals surface area contributed by atoms with Crippen molar-refractivity contribution in [2.24, 2.45) is 0 Å². The van der Waals surface area contributed by atoms with E-state index in [1.54, 1.807) is 6.07 Å². The summed E-state index contributed by atoms with van der Waals surface area (Å²) < 4.78 is 33.9. The van der Waals surface area contributed by atoms with Crippen LogP contribution in [0.3, 0.4) is 0 Å². The van der Waals surface area contributed by atoms with Crippen LogP contribution in [0.4, 0.5) is 8.78 Å². The van der Waals surface area contributed by atoms with Gasteiger partial charge in [0.05, 0.1) is 0 Å². The van der Waals surface area contributed by atoms with E-state index >= 15 is 0 Å². The number of hydrogen-bond acceptors (Lipinski definition) is 2. The van der Waals surface area contributed by atoms with Gasteiger partial charge in [-0.25, -0.2) is 0 Å². The molecule has 1 aliphatic heterocycles. The van der Waals surface area contributed by atoms with E-state index in [4.69, 9.17) is 9.47 Å². The highest BCUT2D eigenvalue weighted by Crippen LogP contribution is 2.32. The number of allylic oxidation sites excluding steroid dienone is 1. The average molecular weight is 212 g/mol. The number of benzene rings is 1. The number of aryl methyl sites for hydroxylation is 1. The van der Waals surface area contributed by atoms with Gasteiger partial charge >= 0.3 is 0 Å². The van der Waals surface area contributed by atoms with E-state index in [-0.39, 0.29) is 6.79 Å². The maximum Gasteiger partial charge on any atom is 0.266 e. The molecule has 1 aliphatic rings. The lowest BCUT2D eigenvalue weighted by Crippen LogP contribution is -1.92. The van der Waals surface area contributed by atoms with Crippen molar-refractivity contribution >= 4 is 0 Å². The molecular weight excluding hydrogens is 202 g/mol. The van der Waals surface area contributed by atoms with Gasteiger partial charge in [0.15, 0.2) is 11.5 Å². The van der Waals surface area contributed by atoms with Crippen molar-refractivity contribution in [1.29, 1.82) is 0 Å². The monoisotopic (exact) mass is 212 g/mol. The maximum atomic E-state index is 11.8. The van der Waals surface area contributed by atoms with Crippen LogP contribution in [0.1, 0.15) is 12.0 Å². The fraction of sp³-hybridized carbons (Fsp3) is 0.273. The first-order chi connectivity index (χ1) is 7.25. The molecule has 4 heteroatoms. The molecule has 0 saturated carbocycles. The van der Waals surface area contributed by atoms with Gasteiger partial charge in [0.1, 0.15) is 0 Å². The summed E-state index contributed by atoms with van der Waals surface area (Å²) >= 11 is 0. The number of rotatable bonds is 3. The maximum absolute atomic E-state index is 11.8. The fourth-order valence-electron chi connectivity index (χ4n) is 1.44. The van der Waals surface area contributed by atoms with Crippen molar-refractivity contribution in [2.45, 2.75) is 12.8 Å². The lowest BCUT2D eigenvalue weighted by molar-refractivity contribution is 0.174. The topological polar surface area (TPSA) is 18.5 Å². The second-order valence-electron chi connectivity index (χ2n) is 3.22. The van der Waals surface area contributed by atoms with E-state index in [0.29, 0.717) is 24.3 Å². The zero-order valence-corrected chi connectivity index (χ0v) is 8.00.